The summed E-state index contributed by atoms with van der Waals surface area (Å²) in [5.41, 5.74) is 3.40. The smallest absolute Gasteiger partial charge is 0.275 e. The largest absolute Gasteiger partial charge is 0.343 e. The number of aromatic amines is 1. The van der Waals surface area contributed by atoms with Crippen LogP contribution in [0.2, 0.25) is 0 Å². The van der Waals surface area contributed by atoms with E-state index in [0.717, 1.165) is 26.7 Å². The number of nitrogens with one attached hydrogen (secondary N) is 1. The zero-order chi connectivity index (χ0) is 16.9. The molecular weight excluding hydrogens is 365 g/mol. The van der Waals surface area contributed by atoms with Crippen molar-refractivity contribution < 1.29 is 9.31 Å². The summed E-state index contributed by atoms with van der Waals surface area (Å²) in [4.78, 5) is 18.1. The monoisotopic (exact) mass is 377 g/mol. The van der Waals surface area contributed by atoms with Gasteiger partial charge in [0.2, 0.25) is 0 Å². The molecule has 0 spiro atoms. The van der Waals surface area contributed by atoms with E-state index in [1.807, 2.05) is 13.8 Å². The first kappa shape index (κ1) is 15.6. The first-order valence-corrected chi connectivity index (χ1v) is 7.68. The second-order valence-electron chi connectivity index (χ2n) is 5.44. The molecule has 118 valence electrons. The van der Waals surface area contributed by atoms with Gasteiger partial charge in [0.1, 0.15) is 11.5 Å². The lowest BCUT2D eigenvalue weighted by Gasteiger charge is -2.07. The maximum absolute atomic E-state index is 14.2. The van der Waals surface area contributed by atoms with Crippen LogP contribution in [0.25, 0.3) is 22.2 Å². The molecule has 3 aromatic rings. The van der Waals surface area contributed by atoms with E-state index in [1.54, 1.807) is 6.20 Å². The SMILES string of the molecule is Cc1[nH]c2ncc(Br)c(C)c2c1-c1cc(F)c(C)c([N+](=O)[O-])c1. The number of aromatic nitrogens is 2. The topological polar surface area (TPSA) is 71.8 Å². The third kappa shape index (κ3) is 2.41. The van der Waals surface area contributed by atoms with Crippen LogP contribution in [-0.4, -0.2) is 14.9 Å². The van der Waals surface area contributed by atoms with Crippen molar-refractivity contribution in [3.63, 3.8) is 0 Å². The number of fused-ring (bicyclic) bond motifs is 1. The molecule has 0 saturated heterocycles. The first-order chi connectivity index (χ1) is 10.8. The molecule has 7 heteroatoms. The quantitative estimate of drug-likeness (QED) is 0.506. The average Bonchev–Trinajstić information content (AvgIpc) is 2.82. The molecule has 0 fully saturated rings. The summed E-state index contributed by atoms with van der Waals surface area (Å²) in [6, 6.07) is 2.74. The molecule has 0 unspecified atom stereocenters. The molecule has 2 heterocycles. The Morgan fingerprint density at radius 1 is 1.26 bits per heavy atom. The molecule has 5 nitrogen and oxygen atoms in total. The minimum absolute atomic E-state index is 0.0345. The maximum atomic E-state index is 14.2. The number of aryl methyl sites for hydroxylation is 2. The first-order valence-electron chi connectivity index (χ1n) is 6.89. The fourth-order valence-electron chi connectivity index (χ4n) is 2.77. The molecule has 0 aliphatic carbocycles. The molecule has 0 aliphatic heterocycles. The highest BCUT2D eigenvalue weighted by Crippen LogP contribution is 2.38. The van der Waals surface area contributed by atoms with E-state index in [0.29, 0.717) is 11.2 Å². The van der Waals surface area contributed by atoms with Crippen LogP contribution >= 0.6 is 15.9 Å². The van der Waals surface area contributed by atoms with Crippen molar-refractivity contribution in [1.82, 2.24) is 9.97 Å². The van der Waals surface area contributed by atoms with Crippen molar-refractivity contribution in [3.05, 3.63) is 55.6 Å². The molecule has 0 radical (unpaired) electrons. The van der Waals surface area contributed by atoms with Crippen LogP contribution in [0.1, 0.15) is 16.8 Å². The van der Waals surface area contributed by atoms with Crippen molar-refractivity contribution in [3.8, 4) is 11.1 Å². The minimum Gasteiger partial charge on any atom is -0.343 e. The Morgan fingerprint density at radius 2 is 1.96 bits per heavy atom. The van der Waals surface area contributed by atoms with Crippen LogP contribution in [0, 0.1) is 36.7 Å². The Kier molecular flexibility index (Phi) is 3.68. The molecular formula is C16H13BrFN3O2. The zero-order valence-corrected chi connectivity index (χ0v) is 14.3. The number of pyridine rings is 1. The lowest BCUT2D eigenvalue weighted by atomic mass is 9.98. The number of hydrogen-bond donors (Lipinski definition) is 1. The van der Waals surface area contributed by atoms with E-state index in [9.17, 15) is 14.5 Å². The van der Waals surface area contributed by atoms with Gasteiger partial charge in [0.25, 0.3) is 5.69 Å². The van der Waals surface area contributed by atoms with Gasteiger partial charge in [0.15, 0.2) is 0 Å². The van der Waals surface area contributed by atoms with Crippen LogP contribution in [0.15, 0.2) is 22.8 Å². The number of H-pyrrole nitrogens is 1. The fourth-order valence-corrected chi connectivity index (χ4v) is 3.07. The molecule has 2 aromatic heterocycles. The van der Waals surface area contributed by atoms with Crippen LogP contribution in [0.5, 0.6) is 0 Å². The standard InChI is InChI=1S/C16H13BrFN3O2/c1-7-11(17)6-19-16-14(7)15(9(3)20-16)10-4-12(18)8(2)13(5-10)21(22)23/h4-6H,1-3H3,(H,19,20). The van der Waals surface area contributed by atoms with E-state index in [2.05, 4.69) is 25.9 Å². The highest BCUT2D eigenvalue weighted by atomic mass is 79.9. The zero-order valence-electron chi connectivity index (χ0n) is 12.7. The van der Waals surface area contributed by atoms with E-state index in [1.165, 1.54) is 19.1 Å². The van der Waals surface area contributed by atoms with Crippen LogP contribution in [-0.2, 0) is 0 Å². The minimum atomic E-state index is -0.594. The summed E-state index contributed by atoms with van der Waals surface area (Å²) in [5.74, 6) is -0.594. The molecule has 1 aromatic carbocycles. The van der Waals surface area contributed by atoms with Gasteiger partial charge in [-0.05, 0) is 53.9 Å². The Labute approximate surface area is 139 Å². The number of rotatable bonds is 2. The number of halogens is 2. The van der Waals surface area contributed by atoms with E-state index in [4.69, 9.17) is 0 Å². The van der Waals surface area contributed by atoms with Crippen molar-refractivity contribution >= 4 is 32.7 Å². The number of nitrogens with zero attached hydrogens (tertiary/aromatic N) is 2. The van der Waals surface area contributed by atoms with Crippen molar-refractivity contribution in [2.45, 2.75) is 20.8 Å². The van der Waals surface area contributed by atoms with Gasteiger partial charge in [-0.1, -0.05) is 0 Å². The second kappa shape index (κ2) is 5.42. The van der Waals surface area contributed by atoms with Crippen LogP contribution in [0.4, 0.5) is 10.1 Å². The van der Waals surface area contributed by atoms with E-state index >= 15 is 0 Å². The number of nitro groups is 1. The van der Waals surface area contributed by atoms with E-state index in [-0.39, 0.29) is 11.3 Å². The van der Waals surface area contributed by atoms with Gasteiger partial charge in [0.05, 0.1) is 10.5 Å². The fraction of sp³-hybridized carbons (Fsp3) is 0.188. The highest BCUT2D eigenvalue weighted by molar-refractivity contribution is 9.10. The summed E-state index contributed by atoms with van der Waals surface area (Å²) in [5, 5.41) is 12.0. The van der Waals surface area contributed by atoms with Crippen molar-refractivity contribution in [2.24, 2.45) is 0 Å². The van der Waals surface area contributed by atoms with E-state index < -0.39 is 10.7 Å². The normalized spacial score (nSPS) is 11.2. The van der Waals surface area contributed by atoms with Gasteiger partial charge >= 0.3 is 0 Å². The third-order valence-corrected chi connectivity index (χ3v) is 4.81. The molecule has 0 amide bonds. The average molecular weight is 378 g/mol. The third-order valence-electron chi connectivity index (χ3n) is 4.01. The summed E-state index contributed by atoms with van der Waals surface area (Å²) in [7, 11) is 0. The number of nitro benzene ring substituents is 1. The Balaban J connectivity index is 2.40. The van der Waals surface area contributed by atoms with Crippen molar-refractivity contribution in [1.29, 1.82) is 0 Å². The second-order valence-corrected chi connectivity index (χ2v) is 6.29. The van der Waals surface area contributed by atoms with Gasteiger partial charge < -0.3 is 4.98 Å². The summed E-state index contributed by atoms with van der Waals surface area (Å²) < 4.78 is 15.0. The van der Waals surface area contributed by atoms with Crippen LogP contribution < -0.4 is 0 Å². The molecule has 0 atom stereocenters. The Bertz CT molecular complexity index is 966. The molecule has 0 bridgehead atoms. The molecule has 3 rings (SSSR count). The van der Waals surface area contributed by atoms with Gasteiger partial charge in [-0.15, -0.1) is 0 Å². The predicted molar refractivity (Wildman–Crippen MR) is 90.1 cm³/mol. The highest BCUT2D eigenvalue weighted by Gasteiger charge is 2.21. The molecule has 0 saturated carbocycles. The van der Waals surface area contributed by atoms with Gasteiger partial charge in [-0.25, -0.2) is 9.37 Å². The Morgan fingerprint density at radius 3 is 2.61 bits per heavy atom. The summed E-state index contributed by atoms with van der Waals surface area (Å²) in [6.45, 7) is 5.17. The summed E-state index contributed by atoms with van der Waals surface area (Å²) >= 11 is 3.44. The van der Waals surface area contributed by atoms with Gasteiger partial charge in [-0.3, -0.25) is 10.1 Å². The number of benzene rings is 1. The maximum Gasteiger partial charge on any atom is 0.275 e. The Hall–Kier alpha value is -2.28. The van der Waals surface area contributed by atoms with Gasteiger partial charge in [0, 0.05) is 33.4 Å². The lowest BCUT2D eigenvalue weighted by molar-refractivity contribution is -0.385. The molecule has 23 heavy (non-hydrogen) atoms. The predicted octanol–water partition coefficient (Wildman–Crippen LogP) is 4.96. The molecule has 1 N–H and O–H groups in total. The number of hydrogen-bond acceptors (Lipinski definition) is 3. The van der Waals surface area contributed by atoms with Crippen molar-refractivity contribution in [2.75, 3.05) is 0 Å². The summed E-state index contributed by atoms with van der Waals surface area (Å²) in [6.07, 6.45) is 1.69. The van der Waals surface area contributed by atoms with Gasteiger partial charge in [-0.2, -0.15) is 0 Å². The van der Waals surface area contributed by atoms with Crippen LogP contribution in [0.3, 0.4) is 0 Å². The molecule has 0 aliphatic rings. The lowest BCUT2D eigenvalue weighted by Crippen LogP contribution is -1.96.